The van der Waals surface area contributed by atoms with Gasteiger partial charge in [-0.3, -0.25) is 0 Å². The number of nitrogens with zero attached hydrogens (tertiary/aromatic N) is 1. The van der Waals surface area contributed by atoms with Crippen LogP contribution in [0, 0.1) is 6.92 Å². The van der Waals surface area contributed by atoms with Crippen LogP contribution in [-0.2, 0) is 13.0 Å². The summed E-state index contributed by atoms with van der Waals surface area (Å²) in [6.45, 7) is 4.24. The molecule has 1 aromatic carbocycles. The Labute approximate surface area is 121 Å². The van der Waals surface area contributed by atoms with Gasteiger partial charge in [0.05, 0.1) is 4.47 Å². The molecule has 102 valence electrons. The van der Waals surface area contributed by atoms with Gasteiger partial charge >= 0.3 is 0 Å². The van der Waals surface area contributed by atoms with Gasteiger partial charge in [-0.25, -0.2) is 0 Å². The Balaban J connectivity index is 2.00. The number of benzene rings is 1. The predicted molar refractivity (Wildman–Crippen MR) is 77.1 cm³/mol. The van der Waals surface area contributed by atoms with E-state index in [1.165, 1.54) is 5.56 Å². The Morgan fingerprint density at radius 3 is 2.79 bits per heavy atom. The molecule has 5 heteroatoms. The van der Waals surface area contributed by atoms with Gasteiger partial charge < -0.3 is 15.0 Å². The van der Waals surface area contributed by atoms with Crippen LogP contribution in [0.25, 0.3) is 0 Å². The van der Waals surface area contributed by atoms with Crippen LogP contribution in [0.1, 0.15) is 23.9 Å². The summed E-state index contributed by atoms with van der Waals surface area (Å²) < 4.78 is 11.6. The first-order chi connectivity index (χ1) is 9.04. The molecule has 4 nitrogen and oxygen atoms in total. The van der Waals surface area contributed by atoms with Crippen molar-refractivity contribution in [3.63, 3.8) is 0 Å². The molecule has 0 saturated heterocycles. The number of ether oxygens (including phenoxy) is 1. The van der Waals surface area contributed by atoms with Gasteiger partial charge in [-0.1, -0.05) is 11.2 Å². The summed E-state index contributed by atoms with van der Waals surface area (Å²) in [5, 5.41) is 3.89. The highest BCUT2D eigenvalue weighted by atomic mass is 79.9. The van der Waals surface area contributed by atoms with Crippen LogP contribution >= 0.6 is 15.9 Å². The zero-order valence-corrected chi connectivity index (χ0v) is 12.6. The highest BCUT2D eigenvalue weighted by Crippen LogP contribution is 2.27. The van der Waals surface area contributed by atoms with E-state index in [0.29, 0.717) is 6.61 Å². The highest BCUT2D eigenvalue weighted by molar-refractivity contribution is 9.10. The minimum Gasteiger partial charge on any atom is -0.486 e. The van der Waals surface area contributed by atoms with Gasteiger partial charge in [-0.05, 0) is 53.9 Å². The van der Waals surface area contributed by atoms with E-state index >= 15 is 0 Å². The second-order valence-corrected chi connectivity index (χ2v) is 5.52. The fourth-order valence-electron chi connectivity index (χ4n) is 1.80. The van der Waals surface area contributed by atoms with E-state index in [1.807, 2.05) is 38.1 Å². The summed E-state index contributed by atoms with van der Waals surface area (Å²) in [5.74, 6) is 1.57. The minimum absolute atomic E-state index is 0.150. The number of aryl methyl sites for hydroxylation is 1. The van der Waals surface area contributed by atoms with E-state index in [4.69, 9.17) is 15.0 Å². The molecule has 0 aliphatic rings. The molecule has 2 aromatic rings. The smallest absolute Gasteiger partial charge is 0.134 e. The standard InChI is InChI=1S/C14H17BrN2O2/c1-9(16)5-11-3-4-14(13(15)7-11)18-8-12-6-10(2)19-17-12/h3-4,6-7,9H,5,8,16H2,1-2H3. The lowest BCUT2D eigenvalue weighted by Gasteiger charge is -2.10. The van der Waals surface area contributed by atoms with E-state index in [0.717, 1.165) is 28.1 Å². The van der Waals surface area contributed by atoms with E-state index in [-0.39, 0.29) is 6.04 Å². The zero-order valence-electron chi connectivity index (χ0n) is 11.0. The maximum Gasteiger partial charge on any atom is 0.134 e. The summed E-state index contributed by atoms with van der Waals surface area (Å²) in [6.07, 6.45) is 0.849. The molecule has 1 atom stereocenters. The zero-order chi connectivity index (χ0) is 13.8. The maximum atomic E-state index is 5.78. The first-order valence-electron chi connectivity index (χ1n) is 6.13. The van der Waals surface area contributed by atoms with Crippen molar-refractivity contribution in [2.45, 2.75) is 32.9 Å². The van der Waals surface area contributed by atoms with Crippen molar-refractivity contribution in [2.24, 2.45) is 5.73 Å². The number of rotatable bonds is 5. The number of hydrogen-bond acceptors (Lipinski definition) is 4. The van der Waals surface area contributed by atoms with Crippen LogP contribution in [0.3, 0.4) is 0 Å². The number of aromatic nitrogens is 1. The molecule has 0 aliphatic carbocycles. The normalized spacial score (nSPS) is 12.4. The Kier molecular flexibility index (Phi) is 4.61. The fraction of sp³-hybridized carbons (Fsp3) is 0.357. The molecule has 0 aliphatic heterocycles. The second kappa shape index (κ2) is 6.21. The van der Waals surface area contributed by atoms with E-state index < -0.39 is 0 Å². The summed E-state index contributed by atoms with van der Waals surface area (Å²) in [7, 11) is 0. The van der Waals surface area contributed by atoms with Crippen LogP contribution in [0.15, 0.2) is 33.3 Å². The van der Waals surface area contributed by atoms with Crippen LogP contribution in [0.2, 0.25) is 0 Å². The molecule has 0 bridgehead atoms. The lowest BCUT2D eigenvalue weighted by Crippen LogP contribution is -2.17. The van der Waals surface area contributed by atoms with Gasteiger partial charge in [-0.2, -0.15) is 0 Å². The molecule has 1 heterocycles. The lowest BCUT2D eigenvalue weighted by molar-refractivity contribution is 0.286. The molecule has 0 spiro atoms. The van der Waals surface area contributed by atoms with Crippen molar-refractivity contribution >= 4 is 15.9 Å². The van der Waals surface area contributed by atoms with Gasteiger partial charge in [0.1, 0.15) is 23.8 Å². The molecule has 1 aromatic heterocycles. The summed E-state index contributed by atoms with van der Waals surface area (Å²) >= 11 is 3.51. The topological polar surface area (TPSA) is 61.3 Å². The van der Waals surface area contributed by atoms with Gasteiger partial charge in [0.15, 0.2) is 0 Å². The van der Waals surface area contributed by atoms with E-state index in [1.54, 1.807) is 0 Å². The van der Waals surface area contributed by atoms with Crippen LogP contribution < -0.4 is 10.5 Å². The first kappa shape index (κ1) is 14.1. The molecule has 2 rings (SSSR count). The number of hydrogen-bond donors (Lipinski definition) is 1. The van der Waals surface area contributed by atoms with Crippen molar-refractivity contribution in [1.29, 1.82) is 0 Å². The van der Waals surface area contributed by atoms with Crippen LogP contribution in [-0.4, -0.2) is 11.2 Å². The van der Waals surface area contributed by atoms with Gasteiger partial charge in [-0.15, -0.1) is 0 Å². The van der Waals surface area contributed by atoms with Crippen molar-refractivity contribution in [3.05, 3.63) is 45.8 Å². The Morgan fingerprint density at radius 2 is 2.21 bits per heavy atom. The average Bonchev–Trinajstić information content (AvgIpc) is 2.73. The monoisotopic (exact) mass is 324 g/mol. The van der Waals surface area contributed by atoms with Crippen molar-refractivity contribution < 1.29 is 9.26 Å². The molecule has 2 N–H and O–H groups in total. The number of nitrogens with two attached hydrogens (primary N) is 1. The summed E-state index contributed by atoms with van der Waals surface area (Å²) in [4.78, 5) is 0. The third-order valence-electron chi connectivity index (χ3n) is 2.61. The third kappa shape index (κ3) is 4.08. The second-order valence-electron chi connectivity index (χ2n) is 4.66. The molecule has 0 fully saturated rings. The van der Waals surface area contributed by atoms with Crippen molar-refractivity contribution in [3.8, 4) is 5.75 Å². The minimum atomic E-state index is 0.150. The summed E-state index contributed by atoms with van der Waals surface area (Å²) in [5.41, 5.74) is 7.75. The largest absolute Gasteiger partial charge is 0.486 e. The maximum absolute atomic E-state index is 5.78. The fourth-order valence-corrected chi connectivity index (χ4v) is 2.34. The van der Waals surface area contributed by atoms with Gasteiger partial charge in [0.25, 0.3) is 0 Å². The van der Waals surface area contributed by atoms with Gasteiger partial charge in [0, 0.05) is 12.1 Å². The number of halogens is 1. The van der Waals surface area contributed by atoms with Crippen molar-refractivity contribution in [2.75, 3.05) is 0 Å². The summed E-state index contributed by atoms with van der Waals surface area (Å²) in [6, 6.07) is 8.01. The molecular weight excluding hydrogens is 308 g/mol. The van der Waals surface area contributed by atoms with Crippen LogP contribution in [0.5, 0.6) is 5.75 Å². The Morgan fingerprint density at radius 1 is 1.42 bits per heavy atom. The van der Waals surface area contributed by atoms with Crippen LogP contribution in [0.4, 0.5) is 0 Å². The SMILES string of the molecule is Cc1cc(COc2ccc(CC(C)N)cc2Br)no1. The lowest BCUT2D eigenvalue weighted by atomic mass is 10.1. The Bertz CT molecular complexity index is 552. The Hall–Kier alpha value is -1.33. The average molecular weight is 325 g/mol. The van der Waals surface area contributed by atoms with Crippen molar-refractivity contribution in [1.82, 2.24) is 5.16 Å². The third-order valence-corrected chi connectivity index (χ3v) is 3.23. The predicted octanol–water partition coefficient (Wildman–Crippen LogP) is 3.21. The van der Waals surface area contributed by atoms with Gasteiger partial charge in [0.2, 0.25) is 0 Å². The molecule has 0 radical (unpaired) electrons. The molecule has 1 unspecified atom stereocenters. The molecule has 0 saturated carbocycles. The quantitative estimate of drug-likeness (QED) is 0.917. The molecule has 19 heavy (non-hydrogen) atoms. The highest BCUT2D eigenvalue weighted by Gasteiger charge is 2.06. The molecular formula is C14H17BrN2O2. The van der Waals surface area contributed by atoms with E-state index in [9.17, 15) is 0 Å². The molecule has 0 amide bonds. The van der Waals surface area contributed by atoms with E-state index in [2.05, 4.69) is 21.1 Å². The first-order valence-corrected chi connectivity index (χ1v) is 6.93.